The molecule has 0 aliphatic rings. The maximum atomic E-state index is 12.9. The van der Waals surface area contributed by atoms with Gasteiger partial charge in [0, 0.05) is 5.56 Å². The standard InChI is InChI=1S/C10H11F2NO3/c1-6(14)2-3-7-4-8(11)9(12)5-10(7)13(15)16/h4-6,14H,2-3H2,1H3/t6-/m1/s1. The first kappa shape index (κ1) is 12.5. The molecule has 0 bridgehead atoms. The Morgan fingerprint density at radius 3 is 2.50 bits per heavy atom. The highest BCUT2D eigenvalue weighted by molar-refractivity contribution is 5.41. The molecule has 1 N–H and O–H groups in total. The summed E-state index contributed by atoms with van der Waals surface area (Å²) in [5, 5.41) is 19.6. The summed E-state index contributed by atoms with van der Waals surface area (Å²) in [4.78, 5) is 9.82. The molecule has 0 heterocycles. The van der Waals surface area contributed by atoms with Crippen LogP contribution in [0.3, 0.4) is 0 Å². The number of aliphatic hydroxyl groups excluding tert-OH is 1. The monoisotopic (exact) mass is 231 g/mol. The second-order valence-electron chi connectivity index (χ2n) is 3.54. The molecule has 88 valence electrons. The van der Waals surface area contributed by atoms with Gasteiger partial charge in [0.2, 0.25) is 0 Å². The molecular weight excluding hydrogens is 220 g/mol. The topological polar surface area (TPSA) is 63.4 Å². The van der Waals surface area contributed by atoms with Gasteiger partial charge in [0.1, 0.15) is 0 Å². The van der Waals surface area contributed by atoms with E-state index in [1.807, 2.05) is 0 Å². The molecule has 0 fully saturated rings. The molecule has 4 nitrogen and oxygen atoms in total. The van der Waals surface area contributed by atoms with E-state index in [4.69, 9.17) is 5.11 Å². The minimum absolute atomic E-state index is 0.0878. The molecule has 0 radical (unpaired) electrons. The lowest BCUT2D eigenvalue weighted by Crippen LogP contribution is -2.04. The number of hydrogen-bond donors (Lipinski definition) is 1. The highest BCUT2D eigenvalue weighted by Crippen LogP contribution is 2.23. The summed E-state index contributed by atoms with van der Waals surface area (Å²) < 4.78 is 25.7. The lowest BCUT2D eigenvalue weighted by atomic mass is 10.1. The van der Waals surface area contributed by atoms with E-state index in [9.17, 15) is 18.9 Å². The van der Waals surface area contributed by atoms with Crippen LogP contribution >= 0.6 is 0 Å². The Morgan fingerprint density at radius 2 is 2.00 bits per heavy atom. The van der Waals surface area contributed by atoms with Crippen LogP contribution in [0.4, 0.5) is 14.5 Å². The van der Waals surface area contributed by atoms with Crippen molar-refractivity contribution < 1.29 is 18.8 Å². The van der Waals surface area contributed by atoms with Gasteiger partial charge >= 0.3 is 0 Å². The van der Waals surface area contributed by atoms with E-state index in [2.05, 4.69) is 0 Å². The SMILES string of the molecule is C[C@@H](O)CCc1cc(F)c(F)cc1[N+](=O)[O-]. The van der Waals surface area contributed by atoms with E-state index in [0.29, 0.717) is 6.07 Å². The first-order valence-electron chi connectivity index (χ1n) is 4.72. The Labute approximate surface area is 90.7 Å². The van der Waals surface area contributed by atoms with E-state index in [1.54, 1.807) is 0 Å². The van der Waals surface area contributed by atoms with Crippen LogP contribution in [0.25, 0.3) is 0 Å². The lowest BCUT2D eigenvalue weighted by Gasteiger charge is -2.05. The fourth-order valence-electron chi connectivity index (χ4n) is 1.31. The summed E-state index contributed by atoms with van der Waals surface area (Å²) in [7, 11) is 0. The quantitative estimate of drug-likeness (QED) is 0.638. The molecule has 0 saturated carbocycles. The van der Waals surface area contributed by atoms with Crippen molar-refractivity contribution in [3.8, 4) is 0 Å². The molecule has 0 aliphatic carbocycles. The number of nitro groups is 1. The maximum absolute atomic E-state index is 12.9. The number of halogens is 2. The van der Waals surface area contributed by atoms with E-state index < -0.39 is 28.3 Å². The first-order chi connectivity index (χ1) is 7.41. The minimum atomic E-state index is -1.24. The van der Waals surface area contributed by atoms with E-state index in [-0.39, 0.29) is 18.4 Å². The fourth-order valence-corrected chi connectivity index (χ4v) is 1.31. The molecule has 16 heavy (non-hydrogen) atoms. The molecule has 0 saturated heterocycles. The van der Waals surface area contributed by atoms with Crippen molar-refractivity contribution in [1.29, 1.82) is 0 Å². The van der Waals surface area contributed by atoms with Gasteiger partial charge < -0.3 is 5.11 Å². The van der Waals surface area contributed by atoms with Gasteiger partial charge in [0.25, 0.3) is 5.69 Å². The Kier molecular flexibility index (Phi) is 3.89. The van der Waals surface area contributed by atoms with Crippen molar-refractivity contribution in [2.24, 2.45) is 0 Å². The maximum Gasteiger partial charge on any atom is 0.275 e. The second kappa shape index (κ2) is 4.98. The Hall–Kier alpha value is -1.56. The summed E-state index contributed by atoms with van der Waals surface area (Å²) >= 11 is 0. The summed E-state index contributed by atoms with van der Waals surface area (Å²) in [6.07, 6.45) is -0.260. The van der Waals surface area contributed by atoms with Crippen molar-refractivity contribution in [2.75, 3.05) is 0 Å². The highest BCUT2D eigenvalue weighted by Gasteiger charge is 2.18. The van der Waals surface area contributed by atoms with Gasteiger partial charge in [-0.25, -0.2) is 8.78 Å². The molecular formula is C10H11F2NO3. The van der Waals surface area contributed by atoms with Gasteiger partial charge in [-0.05, 0) is 25.8 Å². The van der Waals surface area contributed by atoms with Crippen molar-refractivity contribution in [2.45, 2.75) is 25.9 Å². The molecule has 1 atom stereocenters. The van der Waals surface area contributed by atoms with Crippen LogP contribution in [0.15, 0.2) is 12.1 Å². The van der Waals surface area contributed by atoms with E-state index >= 15 is 0 Å². The summed E-state index contributed by atoms with van der Waals surface area (Å²) in [5.74, 6) is -2.36. The number of nitro benzene ring substituents is 1. The molecule has 0 amide bonds. The number of benzene rings is 1. The third kappa shape index (κ3) is 2.96. The number of rotatable bonds is 4. The number of aryl methyl sites for hydroxylation is 1. The van der Waals surface area contributed by atoms with Gasteiger partial charge in [-0.3, -0.25) is 10.1 Å². The average molecular weight is 231 g/mol. The molecule has 1 rings (SSSR count). The van der Waals surface area contributed by atoms with E-state index in [1.165, 1.54) is 6.92 Å². The van der Waals surface area contributed by atoms with Gasteiger partial charge in [-0.2, -0.15) is 0 Å². The van der Waals surface area contributed by atoms with Crippen LogP contribution in [-0.4, -0.2) is 16.1 Å². The van der Waals surface area contributed by atoms with Gasteiger partial charge in [-0.1, -0.05) is 0 Å². The third-order valence-corrected chi connectivity index (χ3v) is 2.15. The molecule has 0 aliphatic heterocycles. The second-order valence-corrected chi connectivity index (χ2v) is 3.54. The largest absolute Gasteiger partial charge is 0.393 e. The normalized spacial score (nSPS) is 12.5. The molecule has 0 unspecified atom stereocenters. The zero-order valence-corrected chi connectivity index (χ0v) is 8.61. The number of hydrogen-bond acceptors (Lipinski definition) is 3. The molecule has 6 heteroatoms. The lowest BCUT2D eigenvalue weighted by molar-refractivity contribution is -0.385. The Bertz CT molecular complexity index is 407. The van der Waals surface area contributed by atoms with Crippen LogP contribution in [0.2, 0.25) is 0 Å². The smallest absolute Gasteiger partial charge is 0.275 e. The van der Waals surface area contributed by atoms with Crippen LogP contribution < -0.4 is 0 Å². The Balaban J connectivity index is 3.05. The van der Waals surface area contributed by atoms with Crippen LogP contribution in [0, 0.1) is 21.7 Å². The van der Waals surface area contributed by atoms with Crippen LogP contribution in [0.1, 0.15) is 18.9 Å². The van der Waals surface area contributed by atoms with Crippen molar-refractivity contribution in [3.63, 3.8) is 0 Å². The van der Waals surface area contributed by atoms with Crippen molar-refractivity contribution in [1.82, 2.24) is 0 Å². The molecule has 1 aromatic rings. The van der Waals surface area contributed by atoms with Gasteiger partial charge in [0.05, 0.1) is 17.1 Å². The highest BCUT2D eigenvalue weighted by atomic mass is 19.2. The third-order valence-electron chi connectivity index (χ3n) is 2.15. The van der Waals surface area contributed by atoms with Crippen molar-refractivity contribution >= 4 is 5.69 Å². The summed E-state index contributed by atoms with van der Waals surface area (Å²) in [5.41, 5.74) is -0.371. The van der Waals surface area contributed by atoms with Crippen LogP contribution in [0.5, 0.6) is 0 Å². The summed E-state index contributed by atoms with van der Waals surface area (Å²) in [6, 6.07) is 1.36. The molecule has 1 aromatic carbocycles. The Morgan fingerprint density at radius 1 is 1.44 bits per heavy atom. The fraction of sp³-hybridized carbons (Fsp3) is 0.400. The minimum Gasteiger partial charge on any atom is -0.393 e. The molecule has 0 spiro atoms. The zero-order chi connectivity index (χ0) is 12.3. The number of aliphatic hydroxyl groups is 1. The number of nitrogens with zero attached hydrogens (tertiary/aromatic N) is 1. The van der Waals surface area contributed by atoms with Crippen molar-refractivity contribution in [3.05, 3.63) is 39.4 Å². The predicted molar refractivity (Wildman–Crippen MR) is 53.0 cm³/mol. The average Bonchev–Trinajstić information content (AvgIpc) is 2.18. The first-order valence-corrected chi connectivity index (χ1v) is 4.72. The zero-order valence-electron chi connectivity index (χ0n) is 8.61. The van der Waals surface area contributed by atoms with E-state index in [0.717, 1.165) is 6.07 Å². The predicted octanol–water partition coefficient (Wildman–Crippen LogP) is 2.19. The van der Waals surface area contributed by atoms with Crippen LogP contribution in [-0.2, 0) is 6.42 Å². The van der Waals surface area contributed by atoms with Gasteiger partial charge in [0.15, 0.2) is 11.6 Å². The summed E-state index contributed by atoms with van der Waals surface area (Å²) in [6.45, 7) is 1.52. The van der Waals surface area contributed by atoms with Gasteiger partial charge in [-0.15, -0.1) is 0 Å². The molecule has 0 aromatic heterocycles.